The number of nitriles is 1. The molecule has 3 heterocycles. The smallest absolute Gasteiger partial charge is 0.158 e. The summed E-state index contributed by atoms with van der Waals surface area (Å²) in [5.41, 5.74) is 7.91. The molecule has 2 aromatic rings. The summed E-state index contributed by atoms with van der Waals surface area (Å²) < 4.78 is 11.8. The minimum Gasteiger partial charge on any atom is -0.496 e. The summed E-state index contributed by atoms with van der Waals surface area (Å²) >= 11 is 0. The number of methoxy groups -OCH3 is 1. The van der Waals surface area contributed by atoms with Gasteiger partial charge in [-0.15, -0.1) is 0 Å². The van der Waals surface area contributed by atoms with Crippen molar-refractivity contribution >= 4 is 5.82 Å². The highest BCUT2D eigenvalue weighted by Gasteiger charge is 2.29. The Morgan fingerprint density at radius 3 is 2.88 bits per heavy atom. The van der Waals surface area contributed by atoms with Gasteiger partial charge in [0.2, 0.25) is 0 Å². The molecule has 9 nitrogen and oxygen atoms in total. The molecule has 0 radical (unpaired) electrons. The average Bonchev–Trinajstić information content (AvgIpc) is 3.47. The number of hydrazine groups is 1. The number of hydrogen-bond donors (Lipinski definition) is 3. The van der Waals surface area contributed by atoms with Gasteiger partial charge in [-0.2, -0.15) is 5.26 Å². The number of likely N-dealkylation sites (tertiary alicyclic amines) is 1. The third kappa shape index (κ3) is 5.10. The minimum absolute atomic E-state index is 0.0350. The van der Waals surface area contributed by atoms with Gasteiger partial charge in [0.05, 0.1) is 31.7 Å². The fraction of sp³-hybridized carbons (Fsp3) is 0.522. The number of rotatable bonds is 8. The van der Waals surface area contributed by atoms with Crippen molar-refractivity contribution in [3.63, 3.8) is 0 Å². The first-order valence-corrected chi connectivity index (χ1v) is 11.1. The standard InChI is InChI=1S/C23H31N7O2/c1-15(2)30-8-4-5-17(30)14-32-18-6-7-19(21(9-18)31-3)20-10-22(29-28-20)27-23-13-25-16(11-24)12-26-23/h6-7,9,12-13,15,17,20,22,28-29H,4-5,8,10,14H2,1-3H3,(H,26,27)/t17-,20?,22?/m1/s1. The van der Waals surface area contributed by atoms with Crippen LogP contribution in [0.2, 0.25) is 0 Å². The van der Waals surface area contributed by atoms with E-state index in [4.69, 9.17) is 14.7 Å². The molecular formula is C23H31N7O2. The first-order chi connectivity index (χ1) is 15.6. The molecule has 3 N–H and O–H groups in total. The molecule has 2 fully saturated rings. The lowest BCUT2D eigenvalue weighted by molar-refractivity contribution is 0.144. The van der Waals surface area contributed by atoms with Crippen LogP contribution in [0.1, 0.15) is 50.4 Å². The van der Waals surface area contributed by atoms with Gasteiger partial charge in [-0.3, -0.25) is 4.90 Å². The van der Waals surface area contributed by atoms with E-state index in [9.17, 15) is 0 Å². The maximum Gasteiger partial charge on any atom is 0.158 e. The van der Waals surface area contributed by atoms with E-state index < -0.39 is 0 Å². The van der Waals surface area contributed by atoms with Crippen LogP contribution in [0, 0.1) is 11.3 Å². The molecule has 2 aliphatic heterocycles. The monoisotopic (exact) mass is 437 g/mol. The summed E-state index contributed by atoms with van der Waals surface area (Å²) in [5.74, 6) is 2.24. The van der Waals surface area contributed by atoms with Crippen LogP contribution in [-0.2, 0) is 0 Å². The van der Waals surface area contributed by atoms with E-state index in [-0.39, 0.29) is 12.2 Å². The summed E-state index contributed by atoms with van der Waals surface area (Å²) in [4.78, 5) is 10.8. The molecule has 170 valence electrons. The lowest BCUT2D eigenvalue weighted by Crippen LogP contribution is -2.39. The zero-order valence-corrected chi connectivity index (χ0v) is 18.8. The van der Waals surface area contributed by atoms with Gasteiger partial charge in [0.25, 0.3) is 0 Å². The number of hydrogen-bond acceptors (Lipinski definition) is 9. The molecule has 2 unspecified atom stereocenters. The van der Waals surface area contributed by atoms with Crippen LogP contribution < -0.4 is 25.6 Å². The summed E-state index contributed by atoms with van der Waals surface area (Å²) in [7, 11) is 1.69. The SMILES string of the molecule is COc1cc(OC[C@H]2CCCN2C(C)C)ccc1C1CC(Nc2cnc(C#N)cn2)NN1. The van der Waals surface area contributed by atoms with Crippen molar-refractivity contribution in [2.24, 2.45) is 0 Å². The van der Waals surface area contributed by atoms with Gasteiger partial charge in [0, 0.05) is 30.1 Å². The van der Waals surface area contributed by atoms with E-state index in [0.717, 1.165) is 30.0 Å². The van der Waals surface area contributed by atoms with Crippen LogP contribution in [0.4, 0.5) is 5.82 Å². The second kappa shape index (κ2) is 10.1. The summed E-state index contributed by atoms with van der Waals surface area (Å²) in [6, 6.07) is 9.09. The third-order valence-corrected chi connectivity index (χ3v) is 6.10. The molecule has 1 aromatic carbocycles. The van der Waals surface area contributed by atoms with E-state index in [2.05, 4.69) is 51.0 Å². The number of ether oxygens (including phenoxy) is 2. The largest absolute Gasteiger partial charge is 0.496 e. The van der Waals surface area contributed by atoms with Crippen LogP contribution in [0.5, 0.6) is 11.5 Å². The van der Waals surface area contributed by atoms with Crippen molar-refractivity contribution in [2.75, 3.05) is 25.6 Å². The van der Waals surface area contributed by atoms with Gasteiger partial charge >= 0.3 is 0 Å². The Kier molecular flexibility index (Phi) is 7.05. The molecule has 0 spiro atoms. The quantitative estimate of drug-likeness (QED) is 0.574. The van der Waals surface area contributed by atoms with Gasteiger partial charge in [0.15, 0.2) is 5.69 Å². The number of anilines is 1. The second-order valence-electron chi connectivity index (χ2n) is 8.51. The summed E-state index contributed by atoms with van der Waals surface area (Å²) in [6.07, 6.45) is 6.18. The molecule has 0 amide bonds. The van der Waals surface area contributed by atoms with Crippen LogP contribution >= 0.6 is 0 Å². The van der Waals surface area contributed by atoms with Gasteiger partial charge in [-0.05, 0) is 39.3 Å². The van der Waals surface area contributed by atoms with Gasteiger partial charge in [-0.25, -0.2) is 20.8 Å². The maximum absolute atomic E-state index is 8.85. The Balaban J connectivity index is 1.36. The average molecular weight is 438 g/mol. The van der Waals surface area contributed by atoms with Crippen molar-refractivity contribution in [1.82, 2.24) is 25.7 Å². The molecule has 32 heavy (non-hydrogen) atoms. The predicted molar refractivity (Wildman–Crippen MR) is 121 cm³/mol. The zero-order valence-electron chi connectivity index (χ0n) is 18.8. The summed E-state index contributed by atoms with van der Waals surface area (Å²) in [5, 5.41) is 12.1. The van der Waals surface area contributed by atoms with Crippen molar-refractivity contribution in [3.05, 3.63) is 41.9 Å². The Morgan fingerprint density at radius 1 is 1.28 bits per heavy atom. The van der Waals surface area contributed by atoms with E-state index in [1.807, 2.05) is 18.2 Å². The van der Waals surface area contributed by atoms with Crippen molar-refractivity contribution in [1.29, 1.82) is 5.26 Å². The molecule has 9 heteroatoms. The molecule has 2 saturated heterocycles. The fourth-order valence-corrected chi connectivity index (χ4v) is 4.47. The predicted octanol–water partition coefficient (Wildman–Crippen LogP) is 2.59. The topological polar surface area (TPSA) is 107 Å². The van der Waals surface area contributed by atoms with Crippen molar-refractivity contribution < 1.29 is 9.47 Å². The van der Waals surface area contributed by atoms with Gasteiger partial charge < -0.3 is 14.8 Å². The molecule has 4 rings (SSSR count). The Bertz CT molecular complexity index is 944. The number of benzene rings is 1. The Labute approximate surface area is 189 Å². The van der Waals surface area contributed by atoms with Crippen molar-refractivity contribution in [3.8, 4) is 17.6 Å². The van der Waals surface area contributed by atoms with E-state index in [0.29, 0.717) is 30.2 Å². The second-order valence-corrected chi connectivity index (χ2v) is 8.51. The van der Waals surface area contributed by atoms with Gasteiger partial charge in [-0.1, -0.05) is 6.07 Å². The maximum atomic E-state index is 8.85. The van der Waals surface area contributed by atoms with E-state index in [1.54, 1.807) is 13.3 Å². The first kappa shape index (κ1) is 22.3. The highest BCUT2D eigenvalue weighted by atomic mass is 16.5. The molecule has 0 saturated carbocycles. The first-order valence-electron chi connectivity index (χ1n) is 11.1. The fourth-order valence-electron chi connectivity index (χ4n) is 4.47. The lowest BCUT2D eigenvalue weighted by atomic mass is 10.0. The molecule has 0 aliphatic carbocycles. The van der Waals surface area contributed by atoms with Gasteiger partial charge in [0.1, 0.15) is 30.0 Å². The molecule has 2 aliphatic rings. The van der Waals surface area contributed by atoms with E-state index >= 15 is 0 Å². The molecule has 1 aromatic heterocycles. The number of nitrogens with zero attached hydrogens (tertiary/aromatic N) is 4. The highest BCUT2D eigenvalue weighted by Crippen LogP contribution is 2.33. The highest BCUT2D eigenvalue weighted by molar-refractivity contribution is 5.43. The number of aromatic nitrogens is 2. The molecule has 0 bridgehead atoms. The molecule has 3 atom stereocenters. The molecular weight excluding hydrogens is 406 g/mol. The van der Waals surface area contributed by atoms with E-state index in [1.165, 1.54) is 19.0 Å². The lowest BCUT2D eigenvalue weighted by Gasteiger charge is -2.28. The Morgan fingerprint density at radius 2 is 2.16 bits per heavy atom. The normalized spacial score (nSPS) is 23.3. The summed E-state index contributed by atoms with van der Waals surface area (Å²) in [6.45, 7) is 6.34. The van der Waals surface area contributed by atoms with Crippen LogP contribution in [0.25, 0.3) is 0 Å². The third-order valence-electron chi connectivity index (χ3n) is 6.10. The van der Waals surface area contributed by atoms with Crippen LogP contribution in [0.15, 0.2) is 30.6 Å². The van der Waals surface area contributed by atoms with Crippen LogP contribution in [0.3, 0.4) is 0 Å². The van der Waals surface area contributed by atoms with Crippen molar-refractivity contribution in [2.45, 2.75) is 57.4 Å². The van der Waals surface area contributed by atoms with Crippen LogP contribution in [-0.4, -0.2) is 53.4 Å². The number of nitrogens with one attached hydrogen (secondary N) is 3. The zero-order chi connectivity index (χ0) is 22.5. The minimum atomic E-state index is -0.0350. The Hall–Kier alpha value is -2.93.